The molecule has 1 aromatic rings. The van der Waals surface area contributed by atoms with Gasteiger partial charge in [0, 0.05) is 11.3 Å². The summed E-state index contributed by atoms with van der Waals surface area (Å²) < 4.78 is 1.62. The van der Waals surface area contributed by atoms with Gasteiger partial charge >= 0.3 is 0 Å². The highest BCUT2D eigenvalue weighted by Crippen LogP contribution is 2.14. The van der Waals surface area contributed by atoms with Crippen LogP contribution in [-0.2, 0) is 0 Å². The highest BCUT2D eigenvalue weighted by atomic mass is 31.0. The molecule has 0 aromatic carbocycles. The molecule has 0 aliphatic rings. The lowest BCUT2D eigenvalue weighted by Gasteiger charge is -2.11. The molecule has 2 nitrogen and oxygen atoms in total. The molecule has 1 aromatic heterocycles. The molecular weight excluding hydrogens is 169 g/mol. The summed E-state index contributed by atoms with van der Waals surface area (Å²) in [6, 6.07) is 0. The topological polar surface area (TPSA) is 22.0 Å². The Morgan fingerprint density at radius 3 is 2.00 bits per heavy atom. The van der Waals surface area contributed by atoms with E-state index in [1.54, 1.807) is 4.34 Å². The van der Waals surface area contributed by atoms with Gasteiger partial charge in [-0.1, -0.05) is 0 Å². The molecule has 0 saturated carbocycles. The Balaban J connectivity index is 3.73. The first-order valence-corrected chi connectivity index (χ1v) is 4.43. The molecule has 12 heavy (non-hydrogen) atoms. The van der Waals surface area contributed by atoms with Gasteiger partial charge in [0.15, 0.2) is 0 Å². The fourth-order valence-corrected chi connectivity index (χ4v) is 1.61. The van der Waals surface area contributed by atoms with Crippen molar-refractivity contribution in [2.45, 2.75) is 27.7 Å². The second-order valence-corrected chi connectivity index (χ2v) is 3.65. The molecule has 66 valence electrons. The minimum absolute atomic E-state index is 0.0839. The minimum atomic E-state index is 0.0839. The van der Waals surface area contributed by atoms with Gasteiger partial charge in [-0.25, -0.2) is 0 Å². The average Bonchev–Trinajstić information content (AvgIpc) is 2.08. The Morgan fingerprint density at radius 2 is 1.50 bits per heavy atom. The van der Waals surface area contributed by atoms with Crippen molar-refractivity contribution in [2.24, 2.45) is 0 Å². The van der Waals surface area contributed by atoms with Crippen LogP contribution in [0.5, 0.6) is 0 Å². The lowest BCUT2D eigenvalue weighted by molar-refractivity contribution is 0.991. The Bertz CT molecular complexity index is 347. The smallest absolute Gasteiger partial charge is 0.256 e. The predicted octanol–water partition coefficient (Wildman–Crippen LogP) is 1.72. The standard InChI is InChI=1S/C9H14NOP/c1-5-6(2)8(4)10(12)9(11)7(5)3/h12H2,1-4H3. The molecule has 0 aliphatic heterocycles. The summed E-state index contributed by atoms with van der Waals surface area (Å²) in [5.74, 6) is 0. The fourth-order valence-electron chi connectivity index (χ4n) is 1.23. The lowest BCUT2D eigenvalue weighted by atomic mass is 10.1. The van der Waals surface area contributed by atoms with E-state index in [-0.39, 0.29) is 5.56 Å². The van der Waals surface area contributed by atoms with Gasteiger partial charge in [0.25, 0.3) is 5.56 Å². The van der Waals surface area contributed by atoms with Gasteiger partial charge in [-0.05, 0) is 48.2 Å². The Labute approximate surface area is 74.9 Å². The van der Waals surface area contributed by atoms with Crippen LogP contribution in [-0.4, -0.2) is 4.34 Å². The summed E-state index contributed by atoms with van der Waals surface area (Å²) in [6.07, 6.45) is 0. The molecule has 0 aliphatic carbocycles. The second kappa shape index (κ2) is 3.02. The summed E-state index contributed by atoms with van der Waals surface area (Å²) in [5.41, 5.74) is 4.25. The Hall–Kier alpha value is -0.620. The lowest BCUT2D eigenvalue weighted by Crippen LogP contribution is -2.20. The second-order valence-electron chi connectivity index (χ2n) is 3.14. The third kappa shape index (κ3) is 1.21. The monoisotopic (exact) mass is 183 g/mol. The fraction of sp³-hybridized carbons (Fsp3) is 0.444. The van der Waals surface area contributed by atoms with Crippen LogP contribution in [0.15, 0.2) is 4.79 Å². The van der Waals surface area contributed by atoms with Crippen LogP contribution in [0.3, 0.4) is 0 Å². The quantitative estimate of drug-likeness (QED) is 0.561. The minimum Gasteiger partial charge on any atom is -0.297 e. The normalized spacial score (nSPS) is 10.4. The van der Waals surface area contributed by atoms with Crippen LogP contribution in [0.25, 0.3) is 0 Å². The van der Waals surface area contributed by atoms with E-state index in [9.17, 15) is 4.79 Å². The number of aromatic nitrogens is 1. The van der Waals surface area contributed by atoms with Crippen molar-refractivity contribution in [1.82, 2.24) is 4.34 Å². The summed E-state index contributed by atoms with van der Waals surface area (Å²) in [7, 11) is 2.44. The van der Waals surface area contributed by atoms with E-state index in [1.807, 2.05) is 27.7 Å². The van der Waals surface area contributed by atoms with Crippen molar-refractivity contribution in [3.63, 3.8) is 0 Å². The molecule has 1 heterocycles. The van der Waals surface area contributed by atoms with Gasteiger partial charge < -0.3 is 0 Å². The van der Waals surface area contributed by atoms with E-state index < -0.39 is 0 Å². The van der Waals surface area contributed by atoms with Crippen molar-refractivity contribution in [3.8, 4) is 0 Å². The van der Waals surface area contributed by atoms with E-state index in [0.29, 0.717) is 0 Å². The van der Waals surface area contributed by atoms with Crippen LogP contribution < -0.4 is 5.56 Å². The first kappa shape index (κ1) is 9.47. The summed E-state index contributed by atoms with van der Waals surface area (Å²) in [4.78, 5) is 11.5. The number of hydrogen-bond acceptors (Lipinski definition) is 1. The van der Waals surface area contributed by atoms with Crippen LogP contribution >= 0.6 is 9.39 Å². The predicted molar refractivity (Wildman–Crippen MR) is 54.8 cm³/mol. The van der Waals surface area contributed by atoms with Crippen molar-refractivity contribution >= 4 is 9.39 Å². The van der Waals surface area contributed by atoms with Gasteiger partial charge in [0.05, 0.1) is 0 Å². The Morgan fingerprint density at radius 1 is 1.00 bits per heavy atom. The summed E-state index contributed by atoms with van der Waals surface area (Å²) in [6.45, 7) is 7.85. The molecule has 0 fully saturated rings. The van der Waals surface area contributed by atoms with E-state index in [2.05, 4.69) is 9.39 Å². The molecule has 0 N–H and O–H groups in total. The molecule has 0 saturated heterocycles. The van der Waals surface area contributed by atoms with Crippen LogP contribution in [0.1, 0.15) is 22.4 Å². The molecule has 0 radical (unpaired) electrons. The zero-order chi connectivity index (χ0) is 9.46. The molecule has 0 amide bonds. The van der Waals surface area contributed by atoms with Crippen LogP contribution in [0.2, 0.25) is 0 Å². The molecule has 1 unspecified atom stereocenters. The third-order valence-corrected chi connectivity index (χ3v) is 3.19. The largest absolute Gasteiger partial charge is 0.297 e. The van der Waals surface area contributed by atoms with Crippen LogP contribution in [0, 0.1) is 27.7 Å². The van der Waals surface area contributed by atoms with Crippen molar-refractivity contribution < 1.29 is 0 Å². The van der Waals surface area contributed by atoms with E-state index in [4.69, 9.17) is 0 Å². The third-order valence-electron chi connectivity index (χ3n) is 2.57. The van der Waals surface area contributed by atoms with Gasteiger partial charge in [0.2, 0.25) is 0 Å². The van der Waals surface area contributed by atoms with Gasteiger partial charge in [-0.15, -0.1) is 0 Å². The highest BCUT2D eigenvalue weighted by molar-refractivity contribution is 7.14. The molecule has 3 heteroatoms. The molecule has 0 bridgehead atoms. The number of rotatable bonds is 0. The van der Waals surface area contributed by atoms with Crippen molar-refractivity contribution in [3.05, 3.63) is 32.7 Å². The van der Waals surface area contributed by atoms with E-state index >= 15 is 0 Å². The van der Waals surface area contributed by atoms with Gasteiger partial charge in [0.1, 0.15) is 0 Å². The molecular formula is C9H14NOP. The van der Waals surface area contributed by atoms with E-state index in [0.717, 1.165) is 16.8 Å². The van der Waals surface area contributed by atoms with Crippen molar-refractivity contribution in [1.29, 1.82) is 0 Å². The molecule has 1 atom stereocenters. The zero-order valence-electron chi connectivity index (χ0n) is 7.93. The van der Waals surface area contributed by atoms with Gasteiger partial charge in [-0.3, -0.25) is 9.13 Å². The Kier molecular flexibility index (Phi) is 2.39. The van der Waals surface area contributed by atoms with Gasteiger partial charge in [-0.2, -0.15) is 0 Å². The van der Waals surface area contributed by atoms with E-state index in [1.165, 1.54) is 5.56 Å². The summed E-state index contributed by atoms with van der Waals surface area (Å²) in [5, 5.41) is 0. The summed E-state index contributed by atoms with van der Waals surface area (Å²) >= 11 is 0. The maximum absolute atomic E-state index is 11.5. The number of hydrogen-bond donors (Lipinski definition) is 0. The first-order valence-electron chi connectivity index (χ1n) is 3.91. The molecule has 0 spiro atoms. The average molecular weight is 183 g/mol. The first-order chi connectivity index (χ1) is 5.46. The zero-order valence-corrected chi connectivity index (χ0v) is 9.09. The SMILES string of the molecule is Cc1c(C)c(C)n(P)c(=O)c1C. The number of nitrogens with zero attached hydrogens (tertiary/aromatic N) is 1. The maximum atomic E-state index is 11.5. The van der Waals surface area contributed by atoms with Crippen molar-refractivity contribution in [2.75, 3.05) is 0 Å². The maximum Gasteiger partial charge on any atom is 0.256 e. The van der Waals surface area contributed by atoms with Crippen LogP contribution in [0.4, 0.5) is 0 Å². The number of pyridine rings is 1. The molecule has 1 rings (SSSR count). The highest BCUT2D eigenvalue weighted by Gasteiger charge is 2.07.